The zero-order chi connectivity index (χ0) is 11.7. The highest BCUT2D eigenvalue weighted by Crippen LogP contribution is 2.20. The van der Waals surface area contributed by atoms with E-state index in [1.54, 1.807) is 0 Å². The van der Waals surface area contributed by atoms with Crippen LogP contribution in [0.25, 0.3) is 5.69 Å². The van der Waals surface area contributed by atoms with Gasteiger partial charge in [0, 0.05) is 37.3 Å². The average Bonchev–Trinajstić information content (AvgIpc) is 2.82. The van der Waals surface area contributed by atoms with Crippen molar-refractivity contribution >= 4 is 0 Å². The Kier molecular flexibility index (Phi) is 2.66. The van der Waals surface area contributed by atoms with Gasteiger partial charge in [-0.1, -0.05) is 18.2 Å². The van der Waals surface area contributed by atoms with Crippen molar-refractivity contribution in [3.8, 4) is 5.69 Å². The summed E-state index contributed by atoms with van der Waals surface area (Å²) in [5.41, 5.74) is 10.6. The summed E-state index contributed by atoms with van der Waals surface area (Å²) in [6.07, 6.45) is 2.98. The summed E-state index contributed by atoms with van der Waals surface area (Å²) < 4.78 is 2.04. The van der Waals surface area contributed by atoms with Crippen molar-refractivity contribution in [3.05, 3.63) is 47.3 Å². The van der Waals surface area contributed by atoms with Crippen molar-refractivity contribution in [2.45, 2.75) is 19.5 Å². The molecule has 0 spiro atoms. The highest BCUT2D eigenvalue weighted by Gasteiger charge is 2.16. The minimum absolute atomic E-state index is 0.545. The first-order valence-electron chi connectivity index (χ1n) is 5.95. The van der Waals surface area contributed by atoms with Gasteiger partial charge in [0.2, 0.25) is 0 Å². The van der Waals surface area contributed by atoms with Gasteiger partial charge in [-0.25, -0.2) is 4.68 Å². The summed E-state index contributed by atoms with van der Waals surface area (Å²) in [5, 5.41) is 7.85. The molecular weight excluding hydrogens is 212 g/mol. The topological polar surface area (TPSA) is 55.9 Å². The van der Waals surface area contributed by atoms with Crippen LogP contribution < -0.4 is 11.1 Å². The van der Waals surface area contributed by atoms with Crippen LogP contribution in [0.2, 0.25) is 0 Å². The predicted molar refractivity (Wildman–Crippen MR) is 66.9 cm³/mol. The molecular formula is C13H16N4. The fourth-order valence-electron chi connectivity index (χ4n) is 2.35. The Morgan fingerprint density at radius 3 is 3.12 bits per heavy atom. The second-order valence-corrected chi connectivity index (χ2v) is 4.29. The largest absolute Gasteiger partial charge is 0.326 e. The van der Waals surface area contributed by atoms with Crippen molar-refractivity contribution in [2.75, 3.05) is 6.54 Å². The lowest BCUT2D eigenvalue weighted by atomic mass is 10.1. The fraction of sp³-hybridized carbons (Fsp3) is 0.308. The van der Waals surface area contributed by atoms with Crippen LogP contribution >= 0.6 is 0 Å². The molecule has 0 amide bonds. The van der Waals surface area contributed by atoms with E-state index in [1.807, 2.05) is 23.0 Å². The van der Waals surface area contributed by atoms with Crippen molar-refractivity contribution in [1.29, 1.82) is 0 Å². The number of fused-ring (bicyclic) bond motifs is 1. The van der Waals surface area contributed by atoms with Crippen LogP contribution in [0.4, 0.5) is 0 Å². The van der Waals surface area contributed by atoms with E-state index in [2.05, 4.69) is 22.5 Å². The summed E-state index contributed by atoms with van der Waals surface area (Å²) in [6.45, 7) is 2.48. The van der Waals surface area contributed by atoms with Crippen LogP contribution in [-0.4, -0.2) is 16.3 Å². The molecule has 1 aromatic heterocycles. The monoisotopic (exact) mass is 228 g/mol. The quantitative estimate of drug-likeness (QED) is 0.805. The third kappa shape index (κ3) is 1.75. The number of nitrogens with one attached hydrogen (secondary N) is 1. The molecule has 0 bridgehead atoms. The molecule has 0 saturated carbocycles. The standard InChI is InChI=1S/C13H16N4/c14-7-10-3-1-2-4-12(10)17-13-5-6-15-8-11(13)9-16-17/h1-4,9,15H,5-8,14H2. The van der Waals surface area contributed by atoms with Crippen LogP contribution in [0.5, 0.6) is 0 Å². The van der Waals surface area contributed by atoms with Crippen LogP contribution in [0, 0.1) is 0 Å². The Labute approximate surface area is 100 Å². The maximum atomic E-state index is 5.78. The predicted octanol–water partition coefficient (Wildman–Crippen LogP) is 0.977. The molecule has 0 fully saturated rings. The van der Waals surface area contributed by atoms with Gasteiger partial charge in [0.25, 0.3) is 0 Å². The van der Waals surface area contributed by atoms with E-state index in [0.29, 0.717) is 6.54 Å². The van der Waals surface area contributed by atoms with Crippen molar-refractivity contribution in [1.82, 2.24) is 15.1 Å². The van der Waals surface area contributed by atoms with Crippen LogP contribution in [0.15, 0.2) is 30.5 Å². The molecule has 3 N–H and O–H groups in total. The normalized spacial score (nSPS) is 14.6. The summed E-state index contributed by atoms with van der Waals surface area (Å²) in [4.78, 5) is 0. The number of aromatic nitrogens is 2. The van der Waals surface area contributed by atoms with E-state index in [9.17, 15) is 0 Å². The molecule has 4 nitrogen and oxygen atoms in total. The molecule has 0 radical (unpaired) electrons. The first kappa shape index (κ1) is 10.5. The minimum Gasteiger partial charge on any atom is -0.326 e. The molecule has 2 aromatic rings. The van der Waals surface area contributed by atoms with Gasteiger partial charge in [-0.15, -0.1) is 0 Å². The van der Waals surface area contributed by atoms with E-state index in [-0.39, 0.29) is 0 Å². The molecule has 1 aromatic carbocycles. The molecule has 3 rings (SSSR count). The number of benzene rings is 1. The van der Waals surface area contributed by atoms with Crippen LogP contribution in [0.3, 0.4) is 0 Å². The van der Waals surface area contributed by atoms with Gasteiger partial charge in [-0.05, 0) is 11.6 Å². The Balaban J connectivity index is 2.12. The molecule has 0 unspecified atom stereocenters. The van der Waals surface area contributed by atoms with Gasteiger partial charge in [-0.3, -0.25) is 0 Å². The summed E-state index contributed by atoms with van der Waals surface area (Å²) in [5.74, 6) is 0. The molecule has 88 valence electrons. The molecule has 17 heavy (non-hydrogen) atoms. The second-order valence-electron chi connectivity index (χ2n) is 4.29. The zero-order valence-electron chi connectivity index (χ0n) is 9.69. The van der Waals surface area contributed by atoms with E-state index in [0.717, 1.165) is 30.8 Å². The van der Waals surface area contributed by atoms with Crippen molar-refractivity contribution in [3.63, 3.8) is 0 Å². The number of nitrogens with two attached hydrogens (primary N) is 1. The van der Waals surface area contributed by atoms with Gasteiger partial charge in [0.1, 0.15) is 0 Å². The van der Waals surface area contributed by atoms with Crippen molar-refractivity contribution in [2.24, 2.45) is 5.73 Å². The fourth-order valence-corrected chi connectivity index (χ4v) is 2.35. The van der Waals surface area contributed by atoms with E-state index >= 15 is 0 Å². The van der Waals surface area contributed by atoms with E-state index in [4.69, 9.17) is 5.73 Å². The Morgan fingerprint density at radius 1 is 1.35 bits per heavy atom. The van der Waals surface area contributed by atoms with Gasteiger partial charge in [-0.2, -0.15) is 5.10 Å². The number of hydrogen-bond acceptors (Lipinski definition) is 3. The molecule has 1 aliphatic rings. The average molecular weight is 228 g/mol. The third-order valence-corrected chi connectivity index (χ3v) is 3.25. The lowest BCUT2D eigenvalue weighted by molar-refractivity contribution is 0.622. The SMILES string of the molecule is NCc1ccccc1-n1ncc2c1CCNC2. The minimum atomic E-state index is 0.545. The lowest BCUT2D eigenvalue weighted by Crippen LogP contribution is -2.24. The van der Waals surface area contributed by atoms with E-state index < -0.39 is 0 Å². The van der Waals surface area contributed by atoms with Crippen LogP contribution in [-0.2, 0) is 19.5 Å². The van der Waals surface area contributed by atoms with Gasteiger partial charge >= 0.3 is 0 Å². The van der Waals surface area contributed by atoms with Gasteiger partial charge < -0.3 is 11.1 Å². The third-order valence-electron chi connectivity index (χ3n) is 3.25. The maximum absolute atomic E-state index is 5.78. The maximum Gasteiger partial charge on any atom is 0.0693 e. The molecule has 2 heterocycles. The number of hydrogen-bond donors (Lipinski definition) is 2. The van der Waals surface area contributed by atoms with Crippen molar-refractivity contribution < 1.29 is 0 Å². The highest BCUT2D eigenvalue weighted by atomic mass is 15.3. The lowest BCUT2D eigenvalue weighted by Gasteiger charge is -2.16. The number of nitrogens with zero attached hydrogens (tertiary/aromatic N) is 2. The summed E-state index contributed by atoms with van der Waals surface area (Å²) in [6, 6.07) is 8.19. The second kappa shape index (κ2) is 4.31. The first-order chi connectivity index (χ1) is 8.40. The Bertz CT molecular complexity index is 530. The van der Waals surface area contributed by atoms with Gasteiger partial charge in [0.05, 0.1) is 11.9 Å². The summed E-state index contributed by atoms with van der Waals surface area (Å²) >= 11 is 0. The number of rotatable bonds is 2. The van der Waals surface area contributed by atoms with Crippen LogP contribution in [0.1, 0.15) is 16.8 Å². The Morgan fingerprint density at radius 2 is 2.24 bits per heavy atom. The molecule has 0 saturated heterocycles. The number of para-hydroxylation sites is 1. The van der Waals surface area contributed by atoms with Gasteiger partial charge in [0.15, 0.2) is 0 Å². The van der Waals surface area contributed by atoms with E-state index in [1.165, 1.54) is 11.3 Å². The highest BCUT2D eigenvalue weighted by molar-refractivity contribution is 5.43. The summed E-state index contributed by atoms with van der Waals surface area (Å²) in [7, 11) is 0. The smallest absolute Gasteiger partial charge is 0.0693 e. The zero-order valence-corrected chi connectivity index (χ0v) is 9.69. The molecule has 0 aliphatic carbocycles. The molecule has 4 heteroatoms. The first-order valence-corrected chi connectivity index (χ1v) is 5.95. The molecule has 0 atom stereocenters. The Hall–Kier alpha value is -1.65. The molecule has 1 aliphatic heterocycles.